The predicted molar refractivity (Wildman–Crippen MR) is 71.1 cm³/mol. The lowest BCUT2D eigenvalue weighted by molar-refractivity contribution is -0.123. The van der Waals surface area contributed by atoms with Gasteiger partial charge in [-0.2, -0.15) is 0 Å². The number of carbonyl (C=O) groups is 1. The van der Waals surface area contributed by atoms with Crippen molar-refractivity contribution in [1.82, 2.24) is 4.98 Å². The highest BCUT2D eigenvalue weighted by atomic mass is 16.5. The third-order valence-corrected chi connectivity index (χ3v) is 2.34. The molecule has 0 spiro atoms. The summed E-state index contributed by atoms with van der Waals surface area (Å²) in [6.07, 6.45) is 0.578. The molecule has 0 radical (unpaired) electrons. The topological polar surface area (TPSA) is 71.5 Å². The van der Waals surface area contributed by atoms with Crippen molar-refractivity contribution >= 4 is 11.6 Å². The van der Waals surface area contributed by atoms with Gasteiger partial charge in [-0.15, -0.1) is 0 Å². The van der Waals surface area contributed by atoms with E-state index in [1.807, 2.05) is 6.07 Å². The van der Waals surface area contributed by atoms with Gasteiger partial charge >= 0.3 is 0 Å². The molecular weight excluding hydrogens is 244 g/mol. The van der Waals surface area contributed by atoms with Crippen molar-refractivity contribution in [2.75, 3.05) is 5.32 Å². The van der Waals surface area contributed by atoms with Crippen LogP contribution in [0.4, 0.5) is 5.69 Å². The molecule has 98 valence electrons. The molecule has 0 aliphatic carbocycles. The van der Waals surface area contributed by atoms with Crippen molar-refractivity contribution in [3.8, 4) is 11.6 Å². The molecule has 5 nitrogen and oxygen atoms in total. The summed E-state index contributed by atoms with van der Waals surface area (Å²) in [4.78, 5) is 15.4. The van der Waals surface area contributed by atoms with Gasteiger partial charge in [0.2, 0.25) is 5.88 Å². The minimum Gasteiger partial charge on any atom is -0.439 e. The molecule has 2 N–H and O–H groups in total. The highest BCUT2D eigenvalue weighted by Gasteiger charge is 2.09. The highest BCUT2D eigenvalue weighted by molar-refractivity contribution is 5.93. The van der Waals surface area contributed by atoms with E-state index in [1.54, 1.807) is 42.6 Å². The van der Waals surface area contributed by atoms with Gasteiger partial charge in [0.15, 0.2) is 0 Å². The fourth-order valence-corrected chi connectivity index (χ4v) is 1.41. The second kappa shape index (κ2) is 5.97. The summed E-state index contributed by atoms with van der Waals surface area (Å²) in [6, 6.07) is 12.2. The van der Waals surface area contributed by atoms with E-state index < -0.39 is 12.0 Å². The molecule has 0 bridgehead atoms. The Morgan fingerprint density at radius 3 is 2.84 bits per heavy atom. The number of aliphatic hydroxyl groups excluding tert-OH is 1. The van der Waals surface area contributed by atoms with Gasteiger partial charge in [-0.1, -0.05) is 12.1 Å². The van der Waals surface area contributed by atoms with Gasteiger partial charge in [-0.25, -0.2) is 4.98 Å². The molecule has 2 rings (SSSR count). The van der Waals surface area contributed by atoms with Crippen molar-refractivity contribution in [2.45, 2.75) is 13.0 Å². The first kappa shape index (κ1) is 13.0. The van der Waals surface area contributed by atoms with E-state index >= 15 is 0 Å². The van der Waals surface area contributed by atoms with Crippen LogP contribution in [0.1, 0.15) is 6.92 Å². The first-order valence-electron chi connectivity index (χ1n) is 5.83. The number of aromatic nitrogens is 1. The van der Waals surface area contributed by atoms with E-state index in [0.29, 0.717) is 17.3 Å². The van der Waals surface area contributed by atoms with Gasteiger partial charge < -0.3 is 15.2 Å². The van der Waals surface area contributed by atoms with Gasteiger partial charge in [-0.3, -0.25) is 4.79 Å². The lowest BCUT2D eigenvalue weighted by atomic mass is 10.3. The Balaban J connectivity index is 2.09. The summed E-state index contributed by atoms with van der Waals surface area (Å²) < 4.78 is 5.54. The average Bonchev–Trinajstić information content (AvgIpc) is 2.40. The molecule has 1 atom stereocenters. The van der Waals surface area contributed by atoms with Crippen LogP contribution in [0.3, 0.4) is 0 Å². The molecule has 1 aromatic heterocycles. The van der Waals surface area contributed by atoms with Crippen LogP contribution in [0.5, 0.6) is 11.6 Å². The Morgan fingerprint density at radius 1 is 1.32 bits per heavy atom. The van der Waals surface area contributed by atoms with Crippen molar-refractivity contribution in [3.05, 3.63) is 48.7 Å². The van der Waals surface area contributed by atoms with Crippen molar-refractivity contribution < 1.29 is 14.6 Å². The number of nitrogens with one attached hydrogen (secondary N) is 1. The number of carbonyl (C=O) groups excluding carboxylic acids is 1. The third kappa shape index (κ3) is 3.79. The first-order valence-corrected chi connectivity index (χ1v) is 5.83. The zero-order valence-electron chi connectivity index (χ0n) is 10.4. The molecule has 0 fully saturated rings. The van der Waals surface area contributed by atoms with Gasteiger partial charge in [0.05, 0.1) is 0 Å². The van der Waals surface area contributed by atoms with Crippen LogP contribution in [0.15, 0.2) is 48.7 Å². The minimum atomic E-state index is -1.06. The van der Waals surface area contributed by atoms with E-state index in [4.69, 9.17) is 9.84 Å². The Bertz CT molecular complexity index is 556. The Kier molecular flexibility index (Phi) is 4.10. The highest BCUT2D eigenvalue weighted by Crippen LogP contribution is 2.22. The molecule has 19 heavy (non-hydrogen) atoms. The van der Waals surface area contributed by atoms with Crippen LogP contribution in [0, 0.1) is 0 Å². The summed E-state index contributed by atoms with van der Waals surface area (Å²) in [5, 5.41) is 11.7. The van der Waals surface area contributed by atoms with E-state index in [1.165, 1.54) is 6.92 Å². The van der Waals surface area contributed by atoms with Crippen molar-refractivity contribution in [2.24, 2.45) is 0 Å². The quantitative estimate of drug-likeness (QED) is 0.881. The summed E-state index contributed by atoms with van der Waals surface area (Å²) in [6.45, 7) is 1.41. The van der Waals surface area contributed by atoms with Crippen LogP contribution in [0.2, 0.25) is 0 Å². The van der Waals surface area contributed by atoms with Crippen LogP contribution in [0.25, 0.3) is 0 Å². The van der Waals surface area contributed by atoms with Crippen molar-refractivity contribution in [1.29, 1.82) is 0 Å². The number of anilines is 1. The second-order valence-electron chi connectivity index (χ2n) is 3.96. The Morgan fingerprint density at radius 2 is 2.16 bits per heavy atom. The molecule has 0 saturated carbocycles. The summed E-state index contributed by atoms with van der Waals surface area (Å²) in [7, 11) is 0. The average molecular weight is 258 g/mol. The maximum Gasteiger partial charge on any atom is 0.252 e. The van der Waals surface area contributed by atoms with Gasteiger partial charge in [-0.05, 0) is 25.1 Å². The predicted octanol–water partition coefficient (Wildman–Crippen LogP) is 2.19. The maximum atomic E-state index is 11.4. The molecule has 1 aromatic carbocycles. The standard InChI is InChI=1S/C14H14N2O3/c1-10(17)14(18)16-11-5-4-6-12(9-11)19-13-7-2-3-8-15-13/h2-10,17H,1H3,(H,16,18). The molecular formula is C14H14N2O3. The van der Waals surface area contributed by atoms with Crippen LogP contribution in [-0.4, -0.2) is 22.1 Å². The molecule has 0 saturated heterocycles. The number of aliphatic hydroxyl groups is 1. The molecule has 0 aliphatic heterocycles. The SMILES string of the molecule is CC(O)C(=O)Nc1cccc(Oc2ccccn2)c1. The smallest absolute Gasteiger partial charge is 0.252 e. The number of benzene rings is 1. The number of hydrogen-bond acceptors (Lipinski definition) is 4. The molecule has 1 amide bonds. The number of rotatable bonds is 4. The summed E-state index contributed by atoms with van der Waals surface area (Å²) >= 11 is 0. The number of ether oxygens (including phenoxy) is 1. The lowest BCUT2D eigenvalue weighted by Crippen LogP contribution is -2.24. The number of hydrogen-bond donors (Lipinski definition) is 2. The normalized spacial score (nSPS) is 11.7. The van der Waals surface area contributed by atoms with Crippen LogP contribution >= 0.6 is 0 Å². The summed E-state index contributed by atoms with van der Waals surface area (Å²) in [5.74, 6) is 0.568. The first-order chi connectivity index (χ1) is 9.15. The zero-order chi connectivity index (χ0) is 13.7. The summed E-state index contributed by atoms with van der Waals surface area (Å²) in [5.41, 5.74) is 0.555. The fraction of sp³-hybridized carbons (Fsp3) is 0.143. The van der Waals surface area contributed by atoms with E-state index in [-0.39, 0.29) is 0 Å². The van der Waals surface area contributed by atoms with Crippen molar-refractivity contribution in [3.63, 3.8) is 0 Å². The largest absolute Gasteiger partial charge is 0.439 e. The molecule has 1 unspecified atom stereocenters. The monoisotopic (exact) mass is 258 g/mol. The van der Waals surface area contributed by atoms with Crippen LogP contribution in [-0.2, 0) is 4.79 Å². The second-order valence-corrected chi connectivity index (χ2v) is 3.96. The third-order valence-electron chi connectivity index (χ3n) is 2.34. The Hall–Kier alpha value is -2.40. The van der Waals surface area contributed by atoms with Gasteiger partial charge in [0, 0.05) is 24.0 Å². The number of nitrogens with zero attached hydrogens (tertiary/aromatic N) is 1. The molecule has 2 aromatic rings. The van der Waals surface area contributed by atoms with E-state index in [2.05, 4.69) is 10.3 Å². The van der Waals surface area contributed by atoms with E-state index in [9.17, 15) is 4.79 Å². The number of amides is 1. The van der Waals surface area contributed by atoms with Crippen LogP contribution < -0.4 is 10.1 Å². The zero-order valence-corrected chi connectivity index (χ0v) is 10.4. The lowest BCUT2D eigenvalue weighted by Gasteiger charge is -2.09. The molecule has 0 aliphatic rings. The maximum absolute atomic E-state index is 11.4. The van der Waals surface area contributed by atoms with Gasteiger partial charge in [0.1, 0.15) is 11.9 Å². The van der Waals surface area contributed by atoms with E-state index in [0.717, 1.165) is 0 Å². The fourth-order valence-electron chi connectivity index (χ4n) is 1.41. The van der Waals surface area contributed by atoms with Gasteiger partial charge in [0.25, 0.3) is 5.91 Å². The molecule has 5 heteroatoms. The molecule has 1 heterocycles. The Labute approximate surface area is 110 Å². The minimum absolute atomic E-state index is 0.463. The number of pyridine rings is 1.